The first-order valence-electron chi connectivity index (χ1n) is 9.46. The molecule has 1 heterocycles. The molecular weight excluding hydrogens is 409 g/mol. The van der Waals surface area contributed by atoms with Crippen molar-refractivity contribution in [3.05, 3.63) is 70.0 Å². The number of hydrogen-bond donors (Lipinski definition) is 2. The molecule has 1 atom stereocenters. The van der Waals surface area contributed by atoms with Gasteiger partial charge in [0.15, 0.2) is 5.69 Å². The molecule has 8 heteroatoms. The van der Waals surface area contributed by atoms with Gasteiger partial charge in [0.05, 0.1) is 17.4 Å². The van der Waals surface area contributed by atoms with E-state index in [0.29, 0.717) is 17.1 Å². The van der Waals surface area contributed by atoms with Crippen LogP contribution in [0.15, 0.2) is 42.5 Å². The molecule has 0 saturated heterocycles. The van der Waals surface area contributed by atoms with Crippen molar-refractivity contribution in [2.75, 3.05) is 5.73 Å². The molecule has 4 rings (SSSR count). The molecule has 1 aliphatic carbocycles. The molecule has 0 fully saturated rings. The Morgan fingerprint density at radius 1 is 1.31 bits per heavy atom. The van der Waals surface area contributed by atoms with E-state index in [1.54, 1.807) is 16.8 Å². The monoisotopic (exact) mass is 431 g/mol. The van der Waals surface area contributed by atoms with Gasteiger partial charge in [0.1, 0.15) is 0 Å². The second-order valence-electron chi connectivity index (χ2n) is 7.01. The number of nitrogen functional groups attached to an aromatic ring is 1. The number of nitrogens with two attached hydrogens (primary N) is 1. The molecule has 3 N–H and O–H groups in total. The predicted molar refractivity (Wildman–Crippen MR) is 117 cm³/mol. The molecule has 1 unspecified atom stereocenters. The van der Waals surface area contributed by atoms with Gasteiger partial charge in [-0.2, -0.15) is 0 Å². The highest BCUT2D eigenvalue weighted by atomic mass is 35.5. The number of halogens is 2. The van der Waals surface area contributed by atoms with Crippen LogP contribution in [0.2, 0.25) is 5.02 Å². The third-order valence-electron chi connectivity index (χ3n) is 5.15. The zero-order valence-corrected chi connectivity index (χ0v) is 17.6. The Morgan fingerprint density at radius 2 is 2.14 bits per heavy atom. The number of nitrogens with one attached hydrogen (secondary N) is 1. The van der Waals surface area contributed by atoms with E-state index in [-0.39, 0.29) is 24.4 Å². The van der Waals surface area contributed by atoms with E-state index < -0.39 is 0 Å². The van der Waals surface area contributed by atoms with Crippen molar-refractivity contribution in [3.63, 3.8) is 0 Å². The molecule has 29 heavy (non-hydrogen) atoms. The van der Waals surface area contributed by atoms with E-state index in [2.05, 4.69) is 15.6 Å². The summed E-state index contributed by atoms with van der Waals surface area (Å²) in [6.07, 6.45) is 3.52. The van der Waals surface area contributed by atoms with Crippen LogP contribution in [0.1, 0.15) is 53.1 Å². The van der Waals surface area contributed by atoms with Crippen molar-refractivity contribution in [3.8, 4) is 5.69 Å². The van der Waals surface area contributed by atoms with Gasteiger partial charge in [0.25, 0.3) is 5.91 Å². The number of amides is 1. The Kier molecular flexibility index (Phi) is 6.45. The van der Waals surface area contributed by atoms with Crippen LogP contribution in [-0.2, 0) is 12.8 Å². The number of rotatable bonds is 4. The lowest BCUT2D eigenvalue weighted by molar-refractivity contribution is 0.0926. The summed E-state index contributed by atoms with van der Waals surface area (Å²) in [6.45, 7) is 1.98. The molecule has 152 valence electrons. The summed E-state index contributed by atoms with van der Waals surface area (Å²) in [6, 6.07) is 13.2. The van der Waals surface area contributed by atoms with E-state index in [4.69, 9.17) is 17.3 Å². The van der Waals surface area contributed by atoms with Crippen LogP contribution in [0, 0.1) is 0 Å². The maximum atomic E-state index is 13.0. The van der Waals surface area contributed by atoms with E-state index in [1.807, 2.05) is 37.3 Å². The Labute approximate surface area is 180 Å². The van der Waals surface area contributed by atoms with Gasteiger partial charge in [-0.15, -0.1) is 17.5 Å². The molecule has 1 aromatic heterocycles. The number of benzene rings is 2. The van der Waals surface area contributed by atoms with Gasteiger partial charge in [0.2, 0.25) is 0 Å². The number of carbonyl (C=O) groups excluding carboxylic acids is 1. The lowest BCUT2D eigenvalue weighted by Gasteiger charge is -2.26. The van der Waals surface area contributed by atoms with Crippen LogP contribution in [0.25, 0.3) is 5.69 Å². The quantitative estimate of drug-likeness (QED) is 0.603. The molecule has 2 aromatic carbocycles. The van der Waals surface area contributed by atoms with Crippen molar-refractivity contribution in [2.24, 2.45) is 0 Å². The molecule has 0 radical (unpaired) electrons. The summed E-state index contributed by atoms with van der Waals surface area (Å²) in [7, 11) is 0. The minimum atomic E-state index is -0.209. The minimum absolute atomic E-state index is 0. The summed E-state index contributed by atoms with van der Waals surface area (Å²) in [5, 5.41) is 12.1. The van der Waals surface area contributed by atoms with E-state index in [0.717, 1.165) is 41.9 Å². The number of aryl methyl sites for hydroxylation is 1. The van der Waals surface area contributed by atoms with Crippen LogP contribution in [0.4, 0.5) is 5.69 Å². The molecule has 1 aliphatic rings. The molecule has 3 aromatic rings. The fraction of sp³-hybridized carbons (Fsp3) is 0.286. The molecule has 0 spiro atoms. The third kappa shape index (κ3) is 4.23. The maximum Gasteiger partial charge on any atom is 0.274 e. The highest BCUT2D eigenvalue weighted by Crippen LogP contribution is 2.31. The summed E-state index contributed by atoms with van der Waals surface area (Å²) in [4.78, 5) is 13.0. The Balaban J connectivity index is 0.00000240. The van der Waals surface area contributed by atoms with Crippen LogP contribution in [-0.4, -0.2) is 20.9 Å². The number of aromatic nitrogens is 3. The van der Waals surface area contributed by atoms with Gasteiger partial charge in [-0.3, -0.25) is 4.79 Å². The van der Waals surface area contributed by atoms with Gasteiger partial charge < -0.3 is 11.1 Å². The second-order valence-corrected chi connectivity index (χ2v) is 7.44. The van der Waals surface area contributed by atoms with Gasteiger partial charge in [-0.1, -0.05) is 35.9 Å². The van der Waals surface area contributed by atoms with Crippen LogP contribution >= 0.6 is 24.0 Å². The first-order valence-corrected chi connectivity index (χ1v) is 9.84. The van der Waals surface area contributed by atoms with Crippen LogP contribution in [0.5, 0.6) is 0 Å². The van der Waals surface area contributed by atoms with Crippen molar-refractivity contribution in [2.45, 2.75) is 38.6 Å². The van der Waals surface area contributed by atoms with Crippen molar-refractivity contribution >= 4 is 35.6 Å². The molecule has 0 aliphatic heterocycles. The lowest BCUT2D eigenvalue weighted by Crippen LogP contribution is -2.32. The maximum absolute atomic E-state index is 13.0. The number of carbonyl (C=O) groups is 1. The van der Waals surface area contributed by atoms with E-state index >= 15 is 0 Å². The third-order valence-corrected chi connectivity index (χ3v) is 5.39. The Morgan fingerprint density at radius 3 is 2.90 bits per heavy atom. The Bertz CT molecular complexity index is 1030. The van der Waals surface area contributed by atoms with E-state index in [1.165, 1.54) is 5.56 Å². The van der Waals surface area contributed by atoms with Gasteiger partial charge in [-0.25, -0.2) is 4.68 Å². The highest BCUT2D eigenvalue weighted by molar-refractivity contribution is 6.30. The second kappa shape index (κ2) is 8.84. The Hall–Kier alpha value is -2.57. The zero-order valence-electron chi connectivity index (χ0n) is 16.1. The molecule has 0 saturated carbocycles. The lowest BCUT2D eigenvalue weighted by atomic mass is 9.87. The van der Waals surface area contributed by atoms with Crippen molar-refractivity contribution < 1.29 is 4.79 Å². The summed E-state index contributed by atoms with van der Waals surface area (Å²) in [5.41, 5.74) is 10.9. The predicted octanol–water partition coefficient (Wildman–Crippen LogP) is 4.29. The van der Waals surface area contributed by atoms with E-state index in [9.17, 15) is 4.79 Å². The summed E-state index contributed by atoms with van der Waals surface area (Å²) in [5.74, 6) is -0.209. The first kappa shape index (κ1) is 21.1. The molecule has 1 amide bonds. The smallest absolute Gasteiger partial charge is 0.274 e. The number of fused-ring (bicyclic) bond motifs is 1. The van der Waals surface area contributed by atoms with Crippen LogP contribution in [0.3, 0.4) is 0 Å². The average Bonchev–Trinajstić information content (AvgIpc) is 3.12. The average molecular weight is 432 g/mol. The van der Waals surface area contributed by atoms with Crippen molar-refractivity contribution in [1.29, 1.82) is 0 Å². The van der Waals surface area contributed by atoms with Crippen LogP contribution < -0.4 is 11.1 Å². The van der Waals surface area contributed by atoms with Gasteiger partial charge >= 0.3 is 0 Å². The minimum Gasteiger partial charge on any atom is -0.399 e. The number of anilines is 1. The number of hydrogen-bond acceptors (Lipinski definition) is 4. The normalized spacial score (nSPS) is 15.3. The fourth-order valence-corrected chi connectivity index (χ4v) is 4.01. The number of nitrogens with zero attached hydrogens (tertiary/aromatic N) is 3. The van der Waals surface area contributed by atoms with Crippen molar-refractivity contribution in [1.82, 2.24) is 20.3 Å². The molecule has 6 nitrogen and oxygen atoms in total. The topological polar surface area (TPSA) is 85.8 Å². The summed E-state index contributed by atoms with van der Waals surface area (Å²) < 4.78 is 1.68. The summed E-state index contributed by atoms with van der Waals surface area (Å²) >= 11 is 6.10. The fourth-order valence-electron chi connectivity index (χ4n) is 3.82. The first-order chi connectivity index (χ1) is 13.6. The largest absolute Gasteiger partial charge is 0.399 e. The zero-order chi connectivity index (χ0) is 19.7. The standard InChI is InChI=1S/C21H22ClN5O.ClH/c1-2-19-20(25-26-27(19)16-7-4-6-14(22)12-16)21(28)24-18-8-3-5-13-11-15(23)9-10-17(13)18;/h4,6-7,9-12,18H,2-3,5,8,23H2,1H3,(H,24,28);1H. The SMILES string of the molecule is CCc1c(C(=O)NC2CCCc3cc(N)ccc32)nnn1-c1cccc(Cl)c1.Cl. The highest BCUT2D eigenvalue weighted by Gasteiger charge is 2.26. The molecule has 0 bridgehead atoms. The van der Waals surface area contributed by atoms with Gasteiger partial charge in [-0.05, 0) is 67.1 Å². The molecular formula is C21H23Cl2N5O. The van der Waals surface area contributed by atoms with Gasteiger partial charge in [0, 0.05) is 10.7 Å².